The Morgan fingerprint density at radius 1 is 1.23 bits per heavy atom. The van der Waals surface area contributed by atoms with E-state index in [0.717, 1.165) is 5.56 Å². The highest BCUT2D eigenvalue weighted by Crippen LogP contribution is 2.46. The number of esters is 1. The third-order valence-corrected chi connectivity index (χ3v) is 6.06. The van der Waals surface area contributed by atoms with Gasteiger partial charge in [0.15, 0.2) is 0 Å². The summed E-state index contributed by atoms with van der Waals surface area (Å²) in [5.41, 5.74) is -0.590. The number of carbonyl (C=O) groups excluding carboxylic acids is 1. The fourth-order valence-corrected chi connectivity index (χ4v) is 4.12. The number of hydrogen-bond acceptors (Lipinski definition) is 8. The Morgan fingerprint density at radius 3 is 2.55 bits per heavy atom. The first-order valence-electron chi connectivity index (χ1n) is 9.97. The topological polar surface area (TPSA) is 94.0 Å². The molecule has 31 heavy (non-hydrogen) atoms. The Morgan fingerprint density at radius 2 is 1.94 bits per heavy atom. The molecule has 9 heteroatoms. The molecule has 2 atom stereocenters. The van der Waals surface area contributed by atoms with Crippen molar-refractivity contribution < 1.29 is 24.1 Å². The second-order valence-corrected chi connectivity index (χ2v) is 8.44. The smallest absolute Gasteiger partial charge is 0.322 e. The minimum Gasteiger partial charge on any atom is -0.497 e. The predicted molar refractivity (Wildman–Crippen MR) is 115 cm³/mol. The first kappa shape index (κ1) is 23.2. The van der Waals surface area contributed by atoms with Crippen LogP contribution in [0.4, 0.5) is 0 Å². The van der Waals surface area contributed by atoms with Gasteiger partial charge < -0.3 is 19.3 Å². The van der Waals surface area contributed by atoms with Gasteiger partial charge >= 0.3 is 5.97 Å². The molecule has 8 nitrogen and oxygen atoms in total. The first-order valence-corrected chi connectivity index (χ1v) is 10.3. The number of nitrogens with zero attached hydrogens (tertiary/aromatic N) is 3. The molecule has 2 unspecified atom stereocenters. The largest absolute Gasteiger partial charge is 0.497 e. The first-order chi connectivity index (χ1) is 14.6. The highest BCUT2D eigenvalue weighted by atomic mass is 35.5. The second kappa shape index (κ2) is 8.61. The van der Waals surface area contributed by atoms with E-state index < -0.39 is 23.2 Å². The molecule has 0 bridgehead atoms. The summed E-state index contributed by atoms with van der Waals surface area (Å²) >= 11 is 6.11. The van der Waals surface area contributed by atoms with E-state index >= 15 is 0 Å². The zero-order valence-corrected chi connectivity index (χ0v) is 19.4. The average molecular weight is 450 g/mol. The zero-order chi connectivity index (χ0) is 23.0. The molecule has 0 radical (unpaired) electrons. The number of ether oxygens (including phenoxy) is 3. The van der Waals surface area contributed by atoms with Crippen LogP contribution in [0.25, 0.3) is 0 Å². The van der Waals surface area contributed by atoms with E-state index in [1.807, 2.05) is 26.0 Å². The van der Waals surface area contributed by atoms with E-state index in [4.69, 9.17) is 25.8 Å². The molecule has 1 aliphatic heterocycles. The number of benzene rings is 1. The summed E-state index contributed by atoms with van der Waals surface area (Å²) in [6, 6.07) is 5.46. The van der Waals surface area contributed by atoms with Crippen LogP contribution in [0.1, 0.15) is 44.6 Å². The standard InChI is InChI=1S/C22H28ClN3O5/c1-7-31-20(28)22(4)18-17(24-11-16(23)25-18)21(2,3)26(19(22)27)12-13-8-9-14(29-5)10-15(13)30-6/h8-11,19,27H,7,12H2,1-6H3. The molecule has 0 aliphatic carbocycles. The molecule has 0 spiro atoms. The number of aromatic nitrogens is 2. The number of fused-ring (bicyclic) bond motifs is 1. The maximum atomic E-state index is 13.1. The van der Waals surface area contributed by atoms with Crippen molar-refractivity contribution in [2.45, 2.75) is 51.4 Å². The number of rotatable bonds is 6. The Balaban J connectivity index is 2.16. The lowest BCUT2D eigenvalue weighted by Gasteiger charge is -2.51. The van der Waals surface area contributed by atoms with Gasteiger partial charge in [0.05, 0.1) is 44.0 Å². The maximum absolute atomic E-state index is 13.1. The van der Waals surface area contributed by atoms with E-state index in [1.54, 1.807) is 39.0 Å². The van der Waals surface area contributed by atoms with E-state index in [1.165, 1.54) is 6.20 Å². The molecule has 0 saturated heterocycles. The summed E-state index contributed by atoms with van der Waals surface area (Å²) in [6.45, 7) is 7.59. The van der Waals surface area contributed by atoms with Gasteiger partial charge in [-0.15, -0.1) is 0 Å². The lowest BCUT2D eigenvalue weighted by atomic mass is 9.73. The summed E-state index contributed by atoms with van der Waals surface area (Å²) in [4.78, 5) is 23.7. The van der Waals surface area contributed by atoms with Gasteiger partial charge in [0, 0.05) is 18.2 Å². The molecule has 0 amide bonds. The molecule has 1 aliphatic rings. The van der Waals surface area contributed by atoms with Crippen molar-refractivity contribution in [2.75, 3.05) is 20.8 Å². The maximum Gasteiger partial charge on any atom is 0.322 e. The normalized spacial score (nSPS) is 22.5. The molecule has 168 valence electrons. The van der Waals surface area contributed by atoms with Crippen molar-refractivity contribution in [3.05, 3.63) is 46.5 Å². The van der Waals surface area contributed by atoms with Crippen LogP contribution < -0.4 is 9.47 Å². The van der Waals surface area contributed by atoms with Crippen LogP contribution in [-0.4, -0.2) is 53.0 Å². The van der Waals surface area contributed by atoms with Gasteiger partial charge in [-0.3, -0.25) is 14.7 Å². The van der Waals surface area contributed by atoms with Crippen LogP contribution in [0.5, 0.6) is 11.5 Å². The number of hydrogen-bond donors (Lipinski definition) is 1. The summed E-state index contributed by atoms with van der Waals surface area (Å²) in [5.74, 6) is 0.664. The summed E-state index contributed by atoms with van der Waals surface area (Å²) < 4.78 is 16.1. The Bertz CT molecular complexity index is 984. The lowest BCUT2D eigenvalue weighted by molar-refractivity contribution is -0.174. The van der Waals surface area contributed by atoms with Gasteiger partial charge in [-0.25, -0.2) is 4.98 Å². The molecule has 1 aromatic carbocycles. The van der Waals surface area contributed by atoms with Gasteiger partial charge in [-0.05, 0) is 33.8 Å². The van der Waals surface area contributed by atoms with E-state index in [0.29, 0.717) is 22.9 Å². The van der Waals surface area contributed by atoms with E-state index in [9.17, 15) is 9.90 Å². The van der Waals surface area contributed by atoms with E-state index in [-0.39, 0.29) is 18.3 Å². The van der Waals surface area contributed by atoms with Crippen molar-refractivity contribution in [2.24, 2.45) is 0 Å². The molecule has 1 N–H and O–H groups in total. The third-order valence-electron chi connectivity index (χ3n) is 5.88. The molecular formula is C22H28ClN3O5. The van der Waals surface area contributed by atoms with Crippen LogP contribution in [0, 0.1) is 0 Å². The highest BCUT2D eigenvalue weighted by Gasteiger charge is 2.58. The van der Waals surface area contributed by atoms with E-state index in [2.05, 4.69) is 9.97 Å². The lowest BCUT2D eigenvalue weighted by Crippen LogP contribution is -2.64. The zero-order valence-electron chi connectivity index (χ0n) is 18.6. The van der Waals surface area contributed by atoms with Gasteiger partial charge in [-0.2, -0.15) is 0 Å². The van der Waals surface area contributed by atoms with Crippen molar-refractivity contribution in [1.82, 2.24) is 14.9 Å². The molecule has 1 aromatic heterocycles. The number of methoxy groups -OCH3 is 2. The molecule has 0 fully saturated rings. The Hall–Kier alpha value is -2.42. The van der Waals surface area contributed by atoms with Gasteiger partial charge in [0.25, 0.3) is 0 Å². The summed E-state index contributed by atoms with van der Waals surface area (Å²) in [7, 11) is 3.15. The van der Waals surface area contributed by atoms with Gasteiger partial charge in [-0.1, -0.05) is 17.7 Å². The Kier molecular flexibility index (Phi) is 6.45. The average Bonchev–Trinajstić information content (AvgIpc) is 2.75. The van der Waals surface area contributed by atoms with Crippen molar-refractivity contribution in [1.29, 1.82) is 0 Å². The molecule has 0 saturated carbocycles. The predicted octanol–water partition coefficient (Wildman–Crippen LogP) is 3.04. The molecule has 2 aromatic rings. The van der Waals surface area contributed by atoms with Gasteiger partial charge in [0.2, 0.25) is 0 Å². The van der Waals surface area contributed by atoms with Crippen LogP contribution in [0.2, 0.25) is 5.15 Å². The highest BCUT2D eigenvalue weighted by molar-refractivity contribution is 6.29. The number of carbonyl (C=O) groups is 1. The number of aliphatic hydroxyl groups is 1. The third kappa shape index (κ3) is 3.84. The Labute approximate surface area is 187 Å². The fourth-order valence-electron chi connectivity index (χ4n) is 3.99. The van der Waals surface area contributed by atoms with Crippen molar-refractivity contribution >= 4 is 17.6 Å². The summed E-state index contributed by atoms with van der Waals surface area (Å²) in [5, 5.41) is 11.7. The number of aliphatic hydroxyl groups excluding tert-OH is 1. The minimum absolute atomic E-state index is 0.141. The molecule has 2 heterocycles. The molecular weight excluding hydrogens is 422 g/mol. The molecule has 3 rings (SSSR count). The van der Waals surface area contributed by atoms with Gasteiger partial charge in [0.1, 0.15) is 28.3 Å². The quantitative estimate of drug-likeness (QED) is 0.672. The SMILES string of the molecule is CCOC(=O)C1(C)c2nc(Cl)cnc2C(C)(C)N(Cc2ccc(OC)cc2OC)C1O. The van der Waals surface area contributed by atoms with Crippen molar-refractivity contribution in [3.8, 4) is 11.5 Å². The van der Waals surface area contributed by atoms with Crippen LogP contribution in [0.15, 0.2) is 24.4 Å². The monoisotopic (exact) mass is 449 g/mol. The fraction of sp³-hybridized carbons (Fsp3) is 0.500. The second-order valence-electron chi connectivity index (χ2n) is 8.05. The minimum atomic E-state index is -1.49. The number of halogens is 1. The van der Waals surface area contributed by atoms with Crippen molar-refractivity contribution in [3.63, 3.8) is 0 Å². The van der Waals surface area contributed by atoms with Crippen LogP contribution in [0.3, 0.4) is 0 Å². The van der Waals surface area contributed by atoms with Crippen LogP contribution >= 0.6 is 11.6 Å². The summed E-state index contributed by atoms with van der Waals surface area (Å²) in [6.07, 6.45) is 0.186. The van der Waals surface area contributed by atoms with Crippen LogP contribution in [-0.2, 0) is 27.0 Å².